The molecule has 0 fully saturated rings. The molecule has 2 aromatic rings. The van der Waals surface area contributed by atoms with Crippen LogP contribution in [0.15, 0.2) is 28.7 Å². The molecule has 1 amide bonds. The van der Waals surface area contributed by atoms with E-state index in [4.69, 9.17) is 9.15 Å². The van der Waals surface area contributed by atoms with Gasteiger partial charge in [0.2, 0.25) is 11.8 Å². The van der Waals surface area contributed by atoms with Gasteiger partial charge in [0.05, 0.1) is 25.3 Å². The molecule has 148 valence electrons. The largest absolute Gasteiger partial charge is 0.441 e. The summed E-state index contributed by atoms with van der Waals surface area (Å²) in [5, 5.41) is 2.81. The average molecular weight is 377 g/mol. The number of carbonyl (C=O) groups is 1. The number of oxazole rings is 1. The number of rotatable bonds is 11. The van der Waals surface area contributed by atoms with E-state index in [1.54, 1.807) is 19.1 Å². The number of aryl methyl sites for hydroxylation is 1. The van der Waals surface area contributed by atoms with Crippen molar-refractivity contribution in [1.29, 1.82) is 0 Å². The van der Waals surface area contributed by atoms with E-state index in [2.05, 4.69) is 29.0 Å². The van der Waals surface area contributed by atoms with Crippen LogP contribution in [0.5, 0.6) is 0 Å². The zero-order valence-electron chi connectivity index (χ0n) is 16.3. The van der Waals surface area contributed by atoms with Crippen molar-refractivity contribution in [2.24, 2.45) is 0 Å². The van der Waals surface area contributed by atoms with Crippen LogP contribution in [0.1, 0.15) is 25.3 Å². The van der Waals surface area contributed by atoms with E-state index in [0.29, 0.717) is 42.7 Å². The van der Waals surface area contributed by atoms with Gasteiger partial charge in [0.15, 0.2) is 0 Å². The minimum Gasteiger partial charge on any atom is -0.441 e. The van der Waals surface area contributed by atoms with Crippen LogP contribution in [-0.4, -0.2) is 55.2 Å². The SMILES string of the molecule is CCN(CC)CCOCCNC(=O)Cc1nc(-c2cccc(F)c2)oc1C. The summed E-state index contributed by atoms with van der Waals surface area (Å²) < 4.78 is 24.4. The van der Waals surface area contributed by atoms with Crippen LogP contribution in [0, 0.1) is 12.7 Å². The maximum Gasteiger partial charge on any atom is 0.226 e. The molecular weight excluding hydrogens is 349 g/mol. The number of amides is 1. The first-order valence-electron chi connectivity index (χ1n) is 9.32. The van der Waals surface area contributed by atoms with Gasteiger partial charge in [-0.15, -0.1) is 0 Å². The first-order valence-corrected chi connectivity index (χ1v) is 9.32. The van der Waals surface area contributed by atoms with Gasteiger partial charge >= 0.3 is 0 Å². The van der Waals surface area contributed by atoms with Crippen molar-refractivity contribution in [2.45, 2.75) is 27.2 Å². The Morgan fingerprint density at radius 1 is 1.30 bits per heavy atom. The fourth-order valence-corrected chi connectivity index (χ4v) is 2.65. The molecular formula is C20H28FN3O3. The summed E-state index contributed by atoms with van der Waals surface area (Å²) in [5.74, 6) is 0.364. The molecule has 0 aliphatic rings. The molecule has 0 atom stereocenters. The Morgan fingerprint density at radius 2 is 2.07 bits per heavy atom. The van der Waals surface area contributed by atoms with E-state index < -0.39 is 0 Å². The molecule has 0 spiro atoms. The van der Waals surface area contributed by atoms with Crippen molar-refractivity contribution in [1.82, 2.24) is 15.2 Å². The molecule has 7 heteroatoms. The molecule has 1 heterocycles. The summed E-state index contributed by atoms with van der Waals surface area (Å²) in [4.78, 5) is 18.7. The second-order valence-corrected chi connectivity index (χ2v) is 6.20. The van der Waals surface area contributed by atoms with Gasteiger partial charge in [-0.1, -0.05) is 19.9 Å². The molecule has 0 saturated heterocycles. The second kappa shape index (κ2) is 10.8. The Morgan fingerprint density at radius 3 is 2.78 bits per heavy atom. The third-order valence-corrected chi connectivity index (χ3v) is 4.31. The van der Waals surface area contributed by atoms with Gasteiger partial charge in [-0.2, -0.15) is 0 Å². The van der Waals surface area contributed by atoms with E-state index in [9.17, 15) is 9.18 Å². The van der Waals surface area contributed by atoms with Gasteiger partial charge in [0.1, 0.15) is 11.6 Å². The maximum absolute atomic E-state index is 13.3. The molecule has 0 bridgehead atoms. The van der Waals surface area contributed by atoms with Gasteiger partial charge in [-0.25, -0.2) is 9.37 Å². The molecule has 27 heavy (non-hydrogen) atoms. The number of hydrogen-bond acceptors (Lipinski definition) is 5. The van der Waals surface area contributed by atoms with Crippen molar-refractivity contribution >= 4 is 5.91 Å². The lowest BCUT2D eigenvalue weighted by molar-refractivity contribution is -0.120. The first kappa shape index (κ1) is 21.1. The monoisotopic (exact) mass is 377 g/mol. The molecule has 0 aliphatic carbocycles. The summed E-state index contributed by atoms with van der Waals surface area (Å²) in [5.41, 5.74) is 1.10. The summed E-state index contributed by atoms with van der Waals surface area (Å²) in [6.45, 7) is 10.5. The quantitative estimate of drug-likeness (QED) is 0.610. The van der Waals surface area contributed by atoms with Gasteiger partial charge in [0.25, 0.3) is 0 Å². The number of hydrogen-bond donors (Lipinski definition) is 1. The van der Waals surface area contributed by atoms with E-state index in [1.165, 1.54) is 12.1 Å². The highest BCUT2D eigenvalue weighted by Gasteiger charge is 2.15. The number of benzene rings is 1. The summed E-state index contributed by atoms with van der Waals surface area (Å²) in [7, 11) is 0. The van der Waals surface area contributed by atoms with Crippen LogP contribution in [0.3, 0.4) is 0 Å². The highest BCUT2D eigenvalue weighted by atomic mass is 19.1. The Kier molecular flexibility index (Phi) is 8.42. The highest BCUT2D eigenvalue weighted by Crippen LogP contribution is 2.22. The van der Waals surface area contributed by atoms with Crippen LogP contribution in [0.25, 0.3) is 11.5 Å². The van der Waals surface area contributed by atoms with E-state index in [1.807, 2.05) is 0 Å². The fourth-order valence-electron chi connectivity index (χ4n) is 2.65. The molecule has 2 rings (SSSR count). The second-order valence-electron chi connectivity index (χ2n) is 6.20. The molecule has 0 saturated carbocycles. The van der Waals surface area contributed by atoms with Crippen molar-refractivity contribution < 1.29 is 18.3 Å². The number of nitrogens with one attached hydrogen (secondary N) is 1. The number of ether oxygens (including phenoxy) is 1. The van der Waals surface area contributed by atoms with Crippen molar-refractivity contribution in [3.8, 4) is 11.5 Å². The number of carbonyl (C=O) groups excluding carboxylic acids is 1. The minimum atomic E-state index is -0.358. The van der Waals surface area contributed by atoms with Crippen LogP contribution in [0.4, 0.5) is 4.39 Å². The molecule has 0 aliphatic heterocycles. The van der Waals surface area contributed by atoms with Gasteiger partial charge < -0.3 is 19.4 Å². The zero-order chi connectivity index (χ0) is 19.6. The highest BCUT2D eigenvalue weighted by molar-refractivity contribution is 5.78. The Bertz CT molecular complexity index is 729. The van der Waals surface area contributed by atoms with Crippen molar-refractivity contribution in [3.63, 3.8) is 0 Å². The van der Waals surface area contributed by atoms with Crippen molar-refractivity contribution in [3.05, 3.63) is 41.5 Å². The van der Waals surface area contributed by atoms with E-state index in [-0.39, 0.29) is 18.1 Å². The third kappa shape index (κ3) is 6.77. The Balaban J connectivity index is 1.74. The van der Waals surface area contributed by atoms with E-state index in [0.717, 1.165) is 19.6 Å². The topological polar surface area (TPSA) is 67.6 Å². The fraction of sp³-hybridized carbons (Fsp3) is 0.500. The minimum absolute atomic E-state index is 0.115. The van der Waals surface area contributed by atoms with Gasteiger partial charge in [-0.05, 0) is 38.2 Å². The van der Waals surface area contributed by atoms with Crippen LogP contribution in [0.2, 0.25) is 0 Å². The number of aromatic nitrogens is 1. The first-order chi connectivity index (χ1) is 13.0. The van der Waals surface area contributed by atoms with Crippen LogP contribution < -0.4 is 5.32 Å². The number of halogens is 1. The zero-order valence-corrected chi connectivity index (χ0v) is 16.3. The Hall–Kier alpha value is -2.25. The predicted molar refractivity (Wildman–Crippen MR) is 102 cm³/mol. The lowest BCUT2D eigenvalue weighted by atomic mass is 10.2. The Labute approximate surface area is 159 Å². The van der Waals surface area contributed by atoms with E-state index >= 15 is 0 Å². The lowest BCUT2D eigenvalue weighted by Gasteiger charge is -2.17. The summed E-state index contributed by atoms with van der Waals surface area (Å²) >= 11 is 0. The predicted octanol–water partition coefficient (Wildman–Crippen LogP) is 2.81. The molecule has 6 nitrogen and oxygen atoms in total. The van der Waals surface area contributed by atoms with Crippen LogP contribution in [-0.2, 0) is 16.0 Å². The number of nitrogens with zero attached hydrogens (tertiary/aromatic N) is 2. The molecule has 0 radical (unpaired) electrons. The number of likely N-dealkylation sites (N-methyl/N-ethyl adjacent to an activating group) is 1. The maximum atomic E-state index is 13.3. The third-order valence-electron chi connectivity index (χ3n) is 4.31. The molecule has 1 aromatic carbocycles. The summed E-state index contributed by atoms with van der Waals surface area (Å²) in [6.07, 6.45) is 0.115. The molecule has 0 unspecified atom stereocenters. The smallest absolute Gasteiger partial charge is 0.226 e. The normalized spacial score (nSPS) is 11.1. The standard InChI is InChI=1S/C20H28FN3O3/c1-4-24(5-2)10-12-26-11-9-22-19(25)14-18-15(3)27-20(23-18)16-7-6-8-17(21)13-16/h6-8,13H,4-5,9-12,14H2,1-3H3,(H,22,25). The summed E-state index contributed by atoms with van der Waals surface area (Å²) in [6, 6.07) is 6.02. The van der Waals surface area contributed by atoms with Gasteiger partial charge in [0, 0.05) is 18.7 Å². The van der Waals surface area contributed by atoms with Crippen LogP contribution >= 0.6 is 0 Å². The van der Waals surface area contributed by atoms with Crippen molar-refractivity contribution in [2.75, 3.05) is 39.4 Å². The lowest BCUT2D eigenvalue weighted by Crippen LogP contribution is -2.31. The van der Waals surface area contributed by atoms with Gasteiger partial charge in [-0.3, -0.25) is 4.79 Å². The molecule has 1 N–H and O–H groups in total. The molecule has 1 aromatic heterocycles. The average Bonchev–Trinajstić information content (AvgIpc) is 3.02.